The summed E-state index contributed by atoms with van der Waals surface area (Å²) in [7, 11) is 1.80. The van der Waals surface area contributed by atoms with Crippen LogP contribution in [0.2, 0.25) is 0 Å². The van der Waals surface area contributed by atoms with Crippen molar-refractivity contribution in [3.63, 3.8) is 0 Å². The Hall–Kier alpha value is -0.0800. The van der Waals surface area contributed by atoms with E-state index in [1.807, 2.05) is 13.8 Å². The zero-order chi connectivity index (χ0) is 9.45. The summed E-state index contributed by atoms with van der Waals surface area (Å²) in [4.78, 5) is 0. The minimum Gasteiger partial charge on any atom is -0.381 e. The molecule has 12 heavy (non-hydrogen) atoms. The summed E-state index contributed by atoms with van der Waals surface area (Å²) >= 11 is 0. The van der Waals surface area contributed by atoms with Crippen molar-refractivity contribution in [3.8, 4) is 0 Å². The molecule has 2 nitrogen and oxygen atoms in total. The molecular formula is C10H22O2. The summed E-state index contributed by atoms with van der Waals surface area (Å²) in [6.45, 7) is 7.90. The molecule has 1 aliphatic rings. The number of hydrogen-bond donors (Lipinski definition) is 0. The molecule has 0 atom stereocenters. The van der Waals surface area contributed by atoms with Gasteiger partial charge >= 0.3 is 0 Å². The highest BCUT2D eigenvalue weighted by Crippen LogP contribution is 2.27. The predicted molar refractivity (Wildman–Crippen MR) is 51.4 cm³/mol. The van der Waals surface area contributed by atoms with Crippen LogP contribution in [0.25, 0.3) is 0 Å². The third-order valence-corrected chi connectivity index (χ3v) is 2.48. The standard InChI is InChI=1S/C8H16O2.C2H6/c1-3-8(9-2)4-6-10-7-5-8;1-2/h3-7H2,1-2H3;1-2H3. The van der Waals surface area contributed by atoms with E-state index in [2.05, 4.69) is 6.92 Å². The maximum Gasteiger partial charge on any atom is 0.0720 e. The summed E-state index contributed by atoms with van der Waals surface area (Å²) in [6.07, 6.45) is 3.22. The van der Waals surface area contributed by atoms with Crippen LogP contribution in [0.5, 0.6) is 0 Å². The van der Waals surface area contributed by atoms with E-state index in [-0.39, 0.29) is 5.60 Å². The van der Waals surface area contributed by atoms with E-state index in [4.69, 9.17) is 9.47 Å². The Kier molecular flexibility index (Phi) is 6.39. The smallest absolute Gasteiger partial charge is 0.0720 e. The van der Waals surface area contributed by atoms with Gasteiger partial charge in [0.15, 0.2) is 0 Å². The zero-order valence-corrected chi connectivity index (χ0v) is 8.85. The molecule has 0 saturated carbocycles. The maximum absolute atomic E-state index is 5.45. The molecule has 1 fully saturated rings. The molecule has 0 radical (unpaired) electrons. The molecule has 1 saturated heterocycles. The molecule has 1 rings (SSSR count). The van der Waals surface area contributed by atoms with Crippen molar-refractivity contribution >= 4 is 0 Å². The Bertz CT molecular complexity index is 90.0. The van der Waals surface area contributed by atoms with Gasteiger partial charge in [0.1, 0.15) is 0 Å². The van der Waals surface area contributed by atoms with Gasteiger partial charge in [0.2, 0.25) is 0 Å². The summed E-state index contributed by atoms with van der Waals surface area (Å²) in [5, 5.41) is 0. The number of rotatable bonds is 2. The Labute approximate surface area is 76.3 Å². The number of methoxy groups -OCH3 is 1. The molecule has 0 aromatic heterocycles. The quantitative estimate of drug-likeness (QED) is 0.640. The van der Waals surface area contributed by atoms with E-state index >= 15 is 0 Å². The highest BCUT2D eigenvalue weighted by molar-refractivity contribution is 4.81. The largest absolute Gasteiger partial charge is 0.381 e. The minimum atomic E-state index is 0.137. The highest BCUT2D eigenvalue weighted by Gasteiger charge is 2.29. The van der Waals surface area contributed by atoms with Crippen LogP contribution in [0.4, 0.5) is 0 Å². The fourth-order valence-corrected chi connectivity index (χ4v) is 1.45. The molecule has 0 N–H and O–H groups in total. The summed E-state index contributed by atoms with van der Waals surface area (Å²) in [5.74, 6) is 0. The first-order chi connectivity index (χ1) is 5.83. The lowest BCUT2D eigenvalue weighted by Gasteiger charge is -2.34. The van der Waals surface area contributed by atoms with Gasteiger partial charge in [0.25, 0.3) is 0 Å². The molecular weight excluding hydrogens is 152 g/mol. The van der Waals surface area contributed by atoms with Crippen molar-refractivity contribution in [2.45, 2.75) is 45.6 Å². The Balaban J connectivity index is 0.000000561. The molecule has 0 aromatic rings. The van der Waals surface area contributed by atoms with Gasteiger partial charge in [-0.1, -0.05) is 20.8 Å². The highest BCUT2D eigenvalue weighted by atomic mass is 16.5. The first kappa shape index (κ1) is 11.9. The summed E-state index contributed by atoms with van der Waals surface area (Å²) < 4.78 is 10.7. The lowest BCUT2D eigenvalue weighted by molar-refractivity contribution is -0.0912. The second kappa shape index (κ2) is 6.44. The van der Waals surface area contributed by atoms with Crippen molar-refractivity contribution in [3.05, 3.63) is 0 Å². The van der Waals surface area contributed by atoms with Gasteiger partial charge in [-0.05, 0) is 19.3 Å². The zero-order valence-electron chi connectivity index (χ0n) is 8.85. The molecule has 0 amide bonds. The van der Waals surface area contributed by atoms with Crippen LogP contribution in [0, 0.1) is 0 Å². The normalized spacial score (nSPS) is 21.0. The van der Waals surface area contributed by atoms with E-state index in [9.17, 15) is 0 Å². The predicted octanol–water partition coefficient (Wildman–Crippen LogP) is 2.62. The van der Waals surface area contributed by atoms with Crippen molar-refractivity contribution in [2.75, 3.05) is 20.3 Å². The van der Waals surface area contributed by atoms with Crippen LogP contribution < -0.4 is 0 Å². The Morgan fingerprint density at radius 1 is 1.25 bits per heavy atom. The average Bonchev–Trinajstić information content (AvgIpc) is 2.22. The van der Waals surface area contributed by atoms with Gasteiger partial charge in [-0.2, -0.15) is 0 Å². The maximum atomic E-state index is 5.45. The summed E-state index contributed by atoms with van der Waals surface area (Å²) in [5.41, 5.74) is 0.137. The molecule has 2 heteroatoms. The van der Waals surface area contributed by atoms with E-state index in [0.717, 1.165) is 32.5 Å². The van der Waals surface area contributed by atoms with Crippen molar-refractivity contribution in [2.24, 2.45) is 0 Å². The third kappa shape index (κ3) is 3.11. The lowest BCUT2D eigenvalue weighted by Crippen LogP contribution is -2.37. The van der Waals surface area contributed by atoms with Crippen molar-refractivity contribution in [1.82, 2.24) is 0 Å². The minimum absolute atomic E-state index is 0.137. The second-order valence-electron chi connectivity index (χ2n) is 2.85. The molecule has 0 spiro atoms. The van der Waals surface area contributed by atoms with Crippen molar-refractivity contribution in [1.29, 1.82) is 0 Å². The van der Waals surface area contributed by atoms with Gasteiger partial charge in [0.05, 0.1) is 5.60 Å². The van der Waals surface area contributed by atoms with Crippen LogP contribution in [-0.2, 0) is 9.47 Å². The molecule has 1 heterocycles. The number of hydrogen-bond acceptors (Lipinski definition) is 2. The molecule has 0 bridgehead atoms. The van der Waals surface area contributed by atoms with Gasteiger partial charge in [-0.15, -0.1) is 0 Å². The number of ether oxygens (including phenoxy) is 2. The topological polar surface area (TPSA) is 18.5 Å². The summed E-state index contributed by atoms with van der Waals surface area (Å²) in [6, 6.07) is 0. The SMILES string of the molecule is CC.CCC1(OC)CCOCC1. The van der Waals surface area contributed by atoms with E-state index in [1.54, 1.807) is 7.11 Å². The average molecular weight is 174 g/mol. The lowest BCUT2D eigenvalue weighted by atomic mass is 9.91. The second-order valence-corrected chi connectivity index (χ2v) is 2.85. The van der Waals surface area contributed by atoms with E-state index < -0.39 is 0 Å². The van der Waals surface area contributed by atoms with Gasteiger partial charge in [-0.3, -0.25) is 0 Å². The first-order valence-corrected chi connectivity index (χ1v) is 4.96. The molecule has 0 unspecified atom stereocenters. The van der Waals surface area contributed by atoms with Crippen LogP contribution >= 0.6 is 0 Å². The van der Waals surface area contributed by atoms with E-state index in [1.165, 1.54) is 0 Å². The van der Waals surface area contributed by atoms with Crippen molar-refractivity contribution < 1.29 is 9.47 Å². The molecule has 74 valence electrons. The van der Waals surface area contributed by atoms with Gasteiger partial charge in [0, 0.05) is 20.3 Å². The Morgan fingerprint density at radius 2 is 1.75 bits per heavy atom. The molecule has 0 aromatic carbocycles. The van der Waals surface area contributed by atoms with E-state index in [0.29, 0.717) is 0 Å². The third-order valence-electron chi connectivity index (χ3n) is 2.48. The fourth-order valence-electron chi connectivity index (χ4n) is 1.45. The van der Waals surface area contributed by atoms with Crippen LogP contribution in [0.3, 0.4) is 0 Å². The first-order valence-electron chi connectivity index (χ1n) is 4.96. The monoisotopic (exact) mass is 174 g/mol. The fraction of sp³-hybridized carbons (Fsp3) is 1.00. The molecule has 0 aliphatic carbocycles. The van der Waals surface area contributed by atoms with Crippen LogP contribution in [0.15, 0.2) is 0 Å². The van der Waals surface area contributed by atoms with Crippen LogP contribution in [-0.4, -0.2) is 25.9 Å². The Morgan fingerprint density at radius 3 is 2.00 bits per heavy atom. The molecule has 1 aliphatic heterocycles. The van der Waals surface area contributed by atoms with Crippen LogP contribution in [0.1, 0.15) is 40.0 Å². The van der Waals surface area contributed by atoms with Gasteiger partial charge in [-0.25, -0.2) is 0 Å². The van der Waals surface area contributed by atoms with Gasteiger partial charge < -0.3 is 9.47 Å².